The number of nitrogens with one attached hydrogen (secondary N) is 1. The second-order valence-electron chi connectivity index (χ2n) is 4.25. The third-order valence-corrected chi connectivity index (χ3v) is 2.96. The molecule has 18 heavy (non-hydrogen) atoms. The van der Waals surface area contributed by atoms with E-state index in [4.69, 9.17) is 0 Å². The van der Waals surface area contributed by atoms with Crippen molar-refractivity contribution in [1.82, 2.24) is 9.97 Å². The monoisotopic (exact) mass is 236 g/mol. The molecule has 2 heterocycles. The molecule has 0 saturated heterocycles. The molecule has 1 N–H and O–H groups in total. The van der Waals surface area contributed by atoms with Crippen molar-refractivity contribution in [2.45, 2.75) is 6.92 Å². The van der Waals surface area contributed by atoms with E-state index < -0.39 is 0 Å². The number of aryl methyl sites for hydroxylation is 1. The summed E-state index contributed by atoms with van der Waals surface area (Å²) in [6, 6.07) is 13.3. The molecule has 0 aliphatic carbocycles. The van der Waals surface area contributed by atoms with Gasteiger partial charge in [0.25, 0.3) is 0 Å². The maximum atomic E-state index is 12.4. The molecule has 0 spiro atoms. The second-order valence-corrected chi connectivity index (χ2v) is 4.25. The van der Waals surface area contributed by atoms with Gasteiger partial charge in [0.2, 0.25) is 0 Å². The number of fused-ring (bicyclic) bond motifs is 1. The van der Waals surface area contributed by atoms with E-state index in [1.54, 1.807) is 6.20 Å². The van der Waals surface area contributed by atoms with Gasteiger partial charge in [0.15, 0.2) is 5.43 Å². The van der Waals surface area contributed by atoms with Crippen LogP contribution in [0.15, 0.2) is 53.5 Å². The Bertz CT molecular complexity index is 760. The van der Waals surface area contributed by atoms with Gasteiger partial charge < -0.3 is 4.98 Å². The molecule has 0 saturated carbocycles. The number of aromatic amines is 1. The highest BCUT2D eigenvalue weighted by Gasteiger charge is 2.07. The van der Waals surface area contributed by atoms with Crippen LogP contribution in [0.3, 0.4) is 0 Å². The molecule has 0 fully saturated rings. The smallest absolute Gasteiger partial charge is 0.198 e. The molecule has 0 amide bonds. The molecule has 3 rings (SSSR count). The lowest BCUT2D eigenvalue weighted by molar-refractivity contribution is 1.20. The van der Waals surface area contributed by atoms with Crippen molar-refractivity contribution in [2.75, 3.05) is 0 Å². The molecule has 0 aliphatic rings. The Balaban J connectivity index is 2.31. The summed E-state index contributed by atoms with van der Waals surface area (Å²) in [6.07, 6.45) is 1.73. The van der Waals surface area contributed by atoms with Crippen molar-refractivity contribution >= 4 is 11.0 Å². The summed E-state index contributed by atoms with van der Waals surface area (Å²) in [5, 5.41) is 0.627. The number of rotatable bonds is 1. The minimum atomic E-state index is 0.0162. The van der Waals surface area contributed by atoms with E-state index in [0.717, 1.165) is 11.3 Å². The summed E-state index contributed by atoms with van der Waals surface area (Å²) >= 11 is 0. The van der Waals surface area contributed by atoms with Crippen LogP contribution in [0.25, 0.3) is 22.2 Å². The van der Waals surface area contributed by atoms with Crippen LogP contribution in [0, 0.1) is 6.92 Å². The van der Waals surface area contributed by atoms with Gasteiger partial charge in [0.1, 0.15) is 5.65 Å². The summed E-state index contributed by atoms with van der Waals surface area (Å²) in [5.74, 6) is 0. The highest BCUT2D eigenvalue weighted by atomic mass is 16.1. The minimum Gasteiger partial charge on any atom is -0.345 e. The predicted molar refractivity (Wildman–Crippen MR) is 72.5 cm³/mol. The fraction of sp³-hybridized carbons (Fsp3) is 0.0667. The molecule has 2 aromatic heterocycles. The Labute approximate surface area is 104 Å². The van der Waals surface area contributed by atoms with Crippen molar-refractivity contribution < 1.29 is 0 Å². The third-order valence-electron chi connectivity index (χ3n) is 2.96. The third kappa shape index (κ3) is 1.70. The largest absolute Gasteiger partial charge is 0.345 e. The van der Waals surface area contributed by atoms with E-state index >= 15 is 0 Å². The zero-order chi connectivity index (χ0) is 12.5. The van der Waals surface area contributed by atoms with Gasteiger partial charge in [-0.25, -0.2) is 4.98 Å². The first-order chi connectivity index (χ1) is 8.75. The lowest BCUT2D eigenvalue weighted by Gasteiger charge is -2.03. The maximum Gasteiger partial charge on any atom is 0.198 e. The van der Waals surface area contributed by atoms with Crippen LogP contribution in [0.1, 0.15) is 5.69 Å². The number of aromatic nitrogens is 2. The first-order valence-corrected chi connectivity index (χ1v) is 5.80. The Morgan fingerprint density at radius 2 is 1.83 bits per heavy atom. The second kappa shape index (κ2) is 4.11. The topological polar surface area (TPSA) is 45.8 Å². The predicted octanol–water partition coefficient (Wildman–Crippen LogP) is 2.90. The molecule has 0 atom stereocenters. The van der Waals surface area contributed by atoms with Crippen LogP contribution >= 0.6 is 0 Å². The van der Waals surface area contributed by atoms with E-state index in [9.17, 15) is 4.79 Å². The summed E-state index contributed by atoms with van der Waals surface area (Å²) in [6.45, 7) is 1.91. The van der Waals surface area contributed by atoms with Gasteiger partial charge in [-0.2, -0.15) is 0 Å². The Hall–Kier alpha value is -2.42. The Morgan fingerprint density at radius 1 is 1.06 bits per heavy atom. The lowest BCUT2D eigenvalue weighted by Crippen LogP contribution is -2.07. The van der Waals surface area contributed by atoms with Crippen LogP contribution in [0.2, 0.25) is 0 Å². The first-order valence-electron chi connectivity index (χ1n) is 5.80. The summed E-state index contributed by atoms with van der Waals surface area (Å²) < 4.78 is 0. The molecule has 3 heteroatoms. The van der Waals surface area contributed by atoms with Gasteiger partial charge in [-0.15, -0.1) is 0 Å². The lowest BCUT2D eigenvalue weighted by atomic mass is 10.1. The highest BCUT2D eigenvalue weighted by Crippen LogP contribution is 2.16. The summed E-state index contributed by atoms with van der Waals surface area (Å²) in [7, 11) is 0. The van der Waals surface area contributed by atoms with Gasteiger partial charge in [-0.1, -0.05) is 30.3 Å². The number of pyridine rings is 2. The number of H-pyrrole nitrogens is 1. The molecule has 88 valence electrons. The average Bonchev–Trinajstić information content (AvgIpc) is 2.40. The van der Waals surface area contributed by atoms with Crippen molar-refractivity contribution in [2.24, 2.45) is 0 Å². The number of nitrogens with zero attached hydrogens (tertiary/aromatic N) is 1. The highest BCUT2D eigenvalue weighted by molar-refractivity contribution is 5.80. The normalized spacial score (nSPS) is 10.7. The van der Waals surface area contributed by atoms with Gasteiger partial charge in [0, 0.05) is 17.5 Å². The zero-order valence-electron chi connectivity index (χ0n) is 9.97. The van der Waals surface area contributed by atoms with Crippen LogP contribution < -0.4 is 5.43 Å². The zero-order valence-corrected chi connectivity index (χ0v) is 9.97. The quantitative estimate of drug-likeness (QED) is 0.706. The molecule has 0 bridgehead atoms. The SMILES string of the molecule is Cc1ccc2c(=O)c(-c3ccccc3)c[nH]c2n1. The summed E-state index contributed by atoms with van der Waals surface area (Å²) in [4.78, 5) is 19.8. The number of benzene rings is 1. The van der Waals surface area contributed by atoms with Gasteiger partial charge in [-0.05, 0) is 24.6 Å². The van der Waals surface area contributed by atoms with E-state index in [0.29, 0.717) is 16.6 Å². The van der Waals surface area contributed by atoms with Crippen molar-refractivity contribution in [3.63, 3.8) is 0 Å². The number of hydrogen-bond donors (Lipinski definition) is 1. The maximum absolute atomic E-state index is 12.4. The summed E-state index contributed by atoms with van der Waals surface area (Å²) in [5.41, 5.74) is 3.14. The first kappa shape index (κ1) is 10.7. The number of hydrogen-bond acceptors (Lipinski definition) is 2. The van der Waals surface area contributed by atoms with Crippen molar-refractivity contribution in [3.05, 3.63) is 64.6 Å². The standard InChI is InChI=1S/C15H12N2O/c1-10-7-8-12-14(18)13(9-16-15(12)17-10)11-5-3-2-4-6-11/h2-9H,1H3,(H,16,17,18). The fourth-order valence-electron chi connectivity index (χ4n) is 2.03. The van der Waals surface area contributed by atoms with Crippen LogP contribution in [-0.4, -0.2) is 9.97 Å². The molecule has 0 aliphatic heterocycles. The molecule has 3 aromatic rings. The molecule has 1 aromatic carbocycles. The van der Waals surface area contributed by atoms with Gasteiger partial charge in [0.05, 0.1) is 5.39 Å². The molecular weight excluding hydrogens is 224 g/mol. The van der Waals surface area contributed by atoms with E-state index in [1.807, 2.05) is 49.4 Å². The van der Waals surface area contributed by atoms with E-state index in [1.165, 1.54) is 0 Å². The van der Waals surface area contributed by atoms with Crippen LogP contribution in [-0.2, 0) is 0 Å². The van der Waals surface area contributed by atoms with E-state index in [2.05, 4.69) is 9.97 Å². The van der Waals surface area contributed by atoms with Crippen molar-refractivity contribution in [1.29, 1.82) is 0 Å². The van der Waals surface area contributed by atoms with Crippen LogP contribution in [0.5, 0.6) is 0 Å². The minimum absolute atomic E-state index is 0.0162. The Kier molecular flexibility index (Phi) is 2.45. The molecular formula is C15H12N2O. The fourth-order valence-corrected chi connectivity index (χ4v) is 2.03. The molecule has 0 radical (unpaired) electrons. The van der Waals surface area contributed by atoms with E-state index in [-0.39, 0.29) is 5.43 Å². The van der Waals surface area contributed by atoms with Gasteiger partial charge >= 0.3 is 0 Å². The Morgan fingerprint density at radius 3 is 2.61 bits per heavy atom. The van der Waals surface area contributed by atoms with Crippen molar-refractivity contribution in [3.8, 4) is 11.1 Å². The van der Waals surface area contributed by atoms with Gasteiger partial charge in [-0.3, -0.25) is 4.79 Å². The van der Waals surface area contributed by atoms with Crippen LogP contribution in [0.4, 0.5) is 0 Å². The molecule has 0 unspecified atom stereocenters. The molecule has 3 nitrogen and oxygen atoms in total. The average molecular weight is 236 g/mol.